The van der Waals surface area contributed by atoms with Gasteiger partial charge < -0.3 is 15.0 Å². The summed E-state index contributed by atoms with van der Waals surface area (Å²) in [6, 6.07) is 6.55. The first-order valence-electron chi connectivity index (χ1n) is 6.71. The molecule has 0 fully saturated rings. The molecular weight excluding hydrogens is 289 g/mol. The molecule has 1 N–H and O–H groups in total. The summed E-state index contributed by atoms with van der Waals surface area (Å²) < 4.78 is 18.1. The van der Waals surface area contributed by atoms with Crippen LogP contribution in [-0.2, 0) is 24.4 Å². The number of aromatic nitrogens is 1. The van der Waals surface area contributed by atoms with Crippen LogP contribution in [0.15, 0.2) is 24.3 Å². The predicted octanol–water partition coefficient (Wildman–Crippen LogP) is 2.78. The molecule has 0 aliphatic rings. The molecule has 1 aromatic carbocycles. The average Bonchev–Trinajstić information content (AvgIpc) is 2.86. The fourth-order valence-corrected chi connectivity index (χ4v) is 3.05. The van der Waals surface area contributed by atoms with Gasteiger partial charge in [-0.05, 0) is 24.7 Å². The Hall–Kier alpha value is -1.50. The summed E-state index contributed by atoms with van der Waals surface area (Å²) in [5, 5.41) is 4.09. The van der Waals surface area contributed by atoms with Gasteiger partial charge in [0.25, 0.3) is 0 Å². The highest BCUT2D eigenvalue weighted by Crippen LogP contribution is 2.27. The number of nitrogens with one attached hydrogen (secondary N) is 1. The van der Waals surface area contributed by atoms with Gasteiger partial charge in [0.05, 0.1) is 12.3 Å². The van der Waals surface area contributed by atoms with Crippen molar-refractivity contribution < 1.29 is 9.13 Å². The van der Waals surface area contributed by atoms with Crippen LogP contribution >= 0.6 is 11.3 Å². The van der Waals surface area contributed by atoms with E-state index in [1.807, 2.05) is 14.1 Å². The van der Waals surface area contributed by atoms with Crippen molar-refractivity contribution in [3.05, 3.63) is 46.2 Å². The largest absolute Gasteiger partial charge is 0.378 e. The van der Waals surface area contributed by atoms with Gasteiger partial charge in [0, 0.05) is 32.1 Å². The Kier molecular flexibility index (Phi) is 5.67. The van der Waals surface area contributed by atoms with Crippen molar-refractivity contribution in [2.24, 2.45) is 0 Å². The van der Waals surface area contributed by atoms with Crippen molar-refractivity contribution in [1.29, 1.82) is 0 Å². The van der Waals surface area contributed by atoms with E-state index in [0.717, 1.165) is 22.9 Å². The van der Waals surface area contributed by atoms with Crippen LogP contribution in [0, 0.1) is 5.82 Å². The minimum atomic E-state index is -0.214. The molecule has 0 aliphatic heterocycles. The molecule has 0 aliphatic carbocycles. The highest BCUT2D eigenvalue weighted by molar-refractivity contribution is 7.15. The van der Waals surface area contributed by atoms with E-state index in [0.29, 0.717) is 13.2 Å². The van der Waals surface area contributed by atoms with E-state index in [4.69, 9.17) is 4.74 Å². The maximum Gasteiger partial charge on any atom is 0.185 e. The van der Waals surface area contributed by atoms with E-state index < -0.39 is 0 Å². The summed E-state index contributed by atoms with van der Waals surface area (Å²) in [6.45, 7) is 1.98. The Bertz CT molecular complexity index is 547. The summed E-state index contributed by atoms with van der Waals surface area (Å²) >= 11 is 1.65. The molecule has 0 amide bonds. The smallest absolute Gasteiger partial charge is 0.185 e. The summed E-state index contributed by atoms with van der Waals surface area (Å²) in [5.74, 6) is -0.214. The highest BCUT2D eigenvalue weighted by Gasteiger charge is 2.13. The first-order chi connectivity index (χ1) is 10.1. The fraction of sp³-hybridized carbons (Fsp3) is 0.400. The molecule has 0 spiro atoms. The maximum atomic E-state index is 12.9. The summed E-state index contributed by atoms with van der Waals surface area (Å²) in [7, 11) is 5.57. The van der Waals surface area contributed by atoms with Crippen LogP contribution in [-0.4, -0.2) is 26.2 Å². The number of nitrogens with zero attached hydrogens (tertiary/aromatic N) is 2. The molecule has 0 unspecified atom stereocenters. The molecule has 6 heteroatoms. The Morgan fingerprint density at radius 2 is 2.05 bits per heavy atom. The van der Waals surface area contributed by atoms with Gasteiger partial charge in [0.1, 0.15) is 5.82 Å². The van der Waals surface area contributed by atoms with Gasteiger partial charge in [-0.25, -0.2) is 9.37 Å². The molecule has 1 heterocycles. The summed E-state index contributed by atoms with van der Waals surface area (Å²) in [5.41, 5.74) is 2.02. The number of rotatable bonds is 7. The van der Waals surface area contributed by atoms with Crippen LogP contribution in [0.1, 0.15) is 16.1 Å². The topological polar surface area (TPSA) is 37.4 Å². The third-order valence-corrected chi connectivity index (χ3v) is 4.26. The van der Waals surface area contributed by atoms with E-state index in [1.54, 1.807) is 30.6 Å². The maximum absolute atomic E-state index is 12.9. The predicted molar refractivity (Wildman–Crippen MR) is 84.1 cm³/mol. The third-order valence-electron chi connectivity index (χ3n) is 3.04. The Labute approximate surface area is 128 Å². The van der Waals surface area contributed by atoms with Crippen LogP contribution in [0.2, 0.25) is 0 Å². The lowest BCUT2D eigenvalue weighted by Crippen LogP contribution is -2.16. The fourth-order valence-electron chi connectivity index (χ4n) is 2.01. The Morgan fingerprint density at radius 1 is 1.33 bits per heavy atom. The SMILES string of the molecule is CNCc1sc(N(C)Cc2ccc(F)cc2)nc1COC. The monoisotopic (exact) mass is 309 g/mol. The summed E-state index contributed by atoms with van der Waals surface area (Å²) in [6.07, 6.45) is 0. The molecular formula is C15H20FN3OS. The Morgan fingerprint density at radius 3 is 2.67 bits per heavy atom. The molecule has 2 aromatic rings. The second kappa shape index (κ2) is 7.49. The molecule has 0 bridgehead atoms. The minimum Gasteiger partial charge on any atom is -0.378 e. The molecule has 114 valence electrons. The molecule has 1 aromatic heterocycles. The zero-order valence-electron chi connectivity index (χ0n) is 12.5. The Balaban J connectivity index is 2.12. The van der Waals surface area contributed by atoms with Crippen LogP contribution in [0.4, 0.5) is 9.52 Å². The van der Waals surface area contributed by atoms with E-state index in [2.05, 4.69) is 15.2 Å². The quantitative estimate of drug-likeness (QED) is 0.853. The molecule has 0 saturated heterocycles. The van der Waals surface area contributed by atoms with Crippen molar-refractivity contribution >= 4 is 16.5 Å². The number of anilines is 1. The van der Waals surface area contributed by atoms with E-state index in [-0.39, 0.29) is 5.82 Å². The number of hydrogen-bond acceptors (Lipinski definition) is 5. The van der Waals surface area contributed by atoms with E-state index in [1.165, 1.54) is 17.0 Å². The van der Waals surface area contributed by atoms with Gasteiger partial charge >= 0.3 is 0 Å². The van der Waals surface area contributed by atoms with Gasteiger partial charge in [0.15, 0.2) is 5.13 Å². The number of thiazole rings is 1. The second-order valence-electron chi connectivity index (χ2n) is 4.81. The van der Waals surface area contributed by atoms with Crippen LogP contribution in [0.25, 0.3) is 0 Å². The van der Waals surface area contributed by atoms with Crippen LogP contribution in [0.5, 0.6) is 0 Å². The number of halogens is 1. The van der Waals surface area contributed by atoms with Crippen molar-refractivity contribution in [2.75, 3.05) is 26.1 Å². The van der Waals surface area contributed by atoms with Gasteiger partial charge in [-0.15, -0.1) is 11.3 Å². The van der Waals surface area contributed by atoms with Gasteiger partial charge in [-0.3, -0.25) is 0 Å². The highest BCUT2D eigenvalue weighted by atomic mass is 32.1. The van der Waals surface area contributed by atoms with Gasteiger partial charge in [-0.1, -0.05) is 12.1 Å². The normalized spacial score (nSPS) is 10.9. The van der Waals surface area contributed by atoms with Crippen molar-refractivity contribution in [3.8, 4) is 0 Å². The zero-order valence-corrected chi connectivity index (χ0v) is 13.3. The summed E-state index contributed by atoms with van der Waals surface area (Å²) in [4.78, 5) is 7.88. The van der Waals surface area contributed by atoms with E-state index >= 15 is 0 Å². The molecule has 0 saturated carbocycles. The first-order valence-corrected chi connectivity index (χ1v) is 7.53. The number of methoxy groups -OCH3 is 1. The third kappa shape index (κ3) is 4.23. The average molecular weight is 309 g/mol. The standard InChI is InChI=1S/C15H20FN3OS/c1-17-8-14-13(10-20-3)18-15(21-14)19(2)9-11-4-6-12(16)7-5-11/h4-7,17H,8-10H2,1-3H3. The number of hydrogen-bond donors (Lipinski definition) is 1. The molecule has 0 atom stereocenters. The van der Waals surface area contributed by atoms with Crippen LogP contribution in [0.3, 0.4) is 0 Å². The lowest BCUT2D eigenvalue weighted by atomic mass is 10.2. The van der Waals surface area contributed by atoms with Crippen molar-refractivity contribution in [2.45, 2.75) is 19.7 Å². The molecule has 0 radical (unpaired) electrons. The number of ether oxygens (including phenoxy) is 1. The van der Waals surface area contributed by atoms with E-state index in [9.17, 15) is 4.39 Å². The molecule has 2 rings (SSSR count). The van der Waals surface area contributed by atoms with Gasteiger partial charge in [0.2, 0.25) is 0 Å². The van der Waals surface area contributed by atoms with Gasteiger partial charge in [-0.2, -0.15) is 0 Å². The zero-order chi connectivity index (χ0) is 15.2. The first kappa shape index (κ1) is 15.9. The van der Waals surface area contributed by atoms with Crippen molar-refractivity contribution in [1.82, 2.24) is 10.3 Å². The minimum absolute atomic E-state index is 0.214. The van der Waals surface area contributed by atoms with Crippen LogP contribution < -0.4 is 10.2 Å². The molecule has 21 heavy (non-hydrogen) atoms. The van der Waals surface area contributed by atoms with Crippen molar-refractivity contribution in [3.63, 3.8) is 0 Å². The second-order valence-corrected chi connectivity index (χ2v) is 5.87. The lowest BCUT2D eigenvalue weighted by Gasteiger charge is -2.15. The lowest BCUT2D eigenvalue weighted by molar-refractivity contribution is 0.181. The molecule has 4 nitrogen and oxygen atoms in total. The number of benzene rings is 1.